The lowest BCUT2D eigenvalue weighted by Crippen LogP contribution is -2.41. The minimum atomic E-state index is -0.136. The number of rotatable bonds is 5. The van der Waals surface area contributed by atoms with E-state index in [0.29, 0.717) is 0 Å². The Labute approximate surface area is 114 Å². The summed E-state index contributed by atoms with van der Waals surface area (Å²) < 4.78 is 5.26. The van der Waals surface area contributed by atoms with E-state index in [1.165, 1.54) is 0 Å². The van der Waals surface area contributed by atoms with Gasteiger partial charge in [0.1, 0.15) is 0 Å². The molecule has 2 rings (SSSR count). The SMILES string of the molecule is CCC(NC(=O)C1CC(OC)CN1)c1ccccc1. The molecule has 4 nitrogen and oxygen atoms in total. The molecule has 0 radical (unpaired) electrons. The molecule has 2 N–H and O–H groups in total. The van der Waals surface area contributed by atoms with E-state index in [2.05, 4.69) is 29.7 Å². The van der Waals surface area contributed by atoms with E-state index in [9.17, 15) is 4.79 Å². The molecule has 1 aromatic rings. The van der Waals surface area contributed by atoms with Crippen molar-refractivity contribution in [3.63, 3.8) is 0 Å². The van der Waals surface area contributed by atoms with Crippen LogP contribution in [-0.4, -0.2) is 31.7 Å². The highest BCUT2D eigenvalue weighted by atomic mass is 16.5. The Hall–Kier alpha value is -1.39. The molecule has 4 heteroatoms. The highest BCUT2D eigenvalue weighted by Crippen LogP contribution is 2.17. The van der Waals surface area contributed by atoms with Crippen LogP contribution in [0.4, 0.5) is 0 Å². The van der Waals surface area contributed by atoms with Crippen LogP contribution in [-0.2, 0) is 9.53 Å². The average Bonchev–Trinajstić information content (AvgIpc) is 2.94. The Morgan fingerprint density at radius 3 is 2.79 bits per heavy atom. The smallest absolute Gasteiger partial charge is 0.237 e. The number of benzene rings is 1. The number of carbonyl (C=O) groups excluding carboxylic acids is 1. The lowest BCUT2D eigenvalue weighted by molar-refractivity contribution is -0.123. The van der Waals surface area contributed by atoms with E-state index in [4.69, 9.17) is 4.74 Å². The molecule has 19 heavy (non-hydrogen) atoms. The quantitative estimate of drug-likeness (QED) is 0.848. The molecule has 3 atom stereocenters. The molecule has 1 aliphatic heterocycles. The Morgan fingerprint density at radius 2 is 2.21 bits per heavy atom. The lowest BCUT2D eigenvalue weighted by atomic mass is 10.0. The third kappa shape index (κ3) is 3.55. The Balaban J connectivity index is 1.94. The Kier molecular flexibility index (Phi) is 4.93. The maximum absolute atomic E-state index is 12.2. The summed E-state index contributed by atoms with van der Waals surface area (Å²) in [5, 5.41) is 6.31. The second-order valence-corrected chi connectivity index (χ2v) is 4.93. The van der Waals surface area contributed by atoms with Gasteiger partial charge in [0, 0.05) is 13.7 Å². The fourth-order valence-corrected chi connectivity index (χ4v) is 2.46. The number of methoxy groups -OCH3 is 1. The largest absolute Gasteiger partial charge is 0.380 e. The van der Waals surface area contributed by atoms with Gasteiger partial charge >= 0.3 is 0 Å². The molecule has 0 saturated carbocycles. The third-order valence-electron chi connectivity index (χ3n) is 3.67. The van der Waals surface area contributed by atoms with Crippen molar-refractivity contribution in [2.24, 2.45) is 0 Å². The van der Waals surface area contributed by atoms with Gasteiger partial charge in [0.15, 0.2) is 0 Å². The summed E-state index contributed by atoms with van der Waals surface area (Å²) in [6.07, 6.45) is 1.77. The van der Waals surface area contributed by atoms with E-state index >= 15 is 0 Å². The molecule has 0 aromatic heterocycles. The zero-order chi connectivity index (χ0) is 13.7. The zero-order valence-electron chi connectivity index (χ0n) is 11.6. The third-order valence-corrected chi connectivity index (χ3v) is 3.67. The maximum atomic E-state index is 12.2. The first-order valence-corrected chi connectivity index (χ1v) is 6.86. The average molecular weight is 262 g/mol. The predicted molar refractivity (Wildman–Crippen MR) is 74.8 cm³/mol. The predicted octanol–water partition coefficient (Wildman–Crippen LogP) is 1.63. The summed E-state index contributed by atoms with van der Waals surface area (Å²) in [7, 11) is 1.69. The molecule has 1 aromatic carbocycles. The van der Waals surface area contributed by atoms with Crippen LogP contribution in [0.5, 0.6) is 0 Å². The molecule has 1 aliphatic rings. The van der Waals surface area contributed by atoms with Crippen molar-refractivity contribution in [1.29, 1.82) is 0 Å². The van der Waals surface area contributed by atoms with Gasteiger partial charge in [-0.15, -0.1) is 0 Å². The first-order valence-electron chi connectivity index (χ1n) is 6.86. The second-order valence-electron chi connectivity index (χ2n) is 4.93. The number of hydrogen-bond acceptors (Lipinski definition) is 3. The minimum Gasteiger partial charge on any atom is -0.380 e. The van der Waals surface area contributed by atoms with Crippen LogP contribution in [0.1, 0.15) is 31.4 Å². The van der Waals surface area contributed by atoms with Crippen molar-refractivity contribution in [2.75, 3.05) is 13.7 Å². The van der Waals surface area contributed by atoms with Crippen molar-refractivity contribution in [3.05, 3.63) is 35.9 Å². The fourth-order valence-electron chi connectivity index (χ4n) is 2.46. The van der Waals surface area contributed by atoms with E-state index in [1.807, 2.05) is 18.2 Å². The van der Waals surface area contributed by atoms with Crippen LogP contribution in [0.2, 0.25) is 0 Å². The van der Waals surface area contributed by atoms with Crippen LogP contribution in [0.25, 0.3) is 0 Å². The molecule has 1 fully saturated rings. The van der Waals surface area contributed by atoms with Gasteiger partial charge in [-0.25, -0.2) is 0 Å². The molecule has 0 bridgehead atoms. The van der Waals surface area contributed by atoms with Gasteiger partial charge < -0.3 is 15.4 Å². The van der Waals surface area contributed by atoms with Gasteiger partial charge in [0.2, 0.25) is 5.91 Å². The topological polar surface area (TPSA) is 50.4 Å². The number of hydrogen-bond donors (Lipinski definition) is 2. The molecular formula is C15H22N2O2. The fraction of sp³-hybridized carbons (Fsp3) is 0.533. The molecule has 1 saturated heterocycles. The van der Waals surface area contributed by atoms with E-state index in [0.717, 1.165) is 24.9 Å². The molecule has 3 unspecified atom stereocenters. The van der Waals surface area contributed by atoms with Crippen molar-refractivity contribution >= 4 is 5.91 Å². The number of nitrogens with one attached hydrogen (secondary N) is 2. The highest BCUT2D eigenvalue weighted by molar-refractivity contribution is 5.82. The summed E-state index contributed by atoms with van der Waals surface area (Å²) >= 11 is 0. The standard InChI is InChI=1S/C15H22N2O2/c1-3-13(11-7-5-4-6-8-11)17-15(18)14-9-12(19-2)10-16-14/h4-8,12-14,16H,3,9-10H2,1-2H3,(H,17,18). The lowest BCUT2D eigenvalue weighted by Gasteiger charge is -2.20. The van der Waals surface area contributed by atoms with Crippen molar-refractivity contribution in [3.8, 4) is 0 Å². The van der Waals surface area contributed by atoms with Gasteiger partial charge in [-0.2, -0.15) is 0 Å². The van der Waals surface area contributed by atoms with Crippen molar-refractivity contribution in [1.82, 2.24) is 10.6 Å². The van der Waals surface area contributed by atoms with Gasteiger partial charge in [0.25, 0.3) is 0 Å². The summed E-state index contributed by atoms with van der Waals surface area (Å²) in [6.45, 7) is 2.83. The zero-order valence-corrected chi connectivity index (χ0v) is 11.6. The van der Waals surface area contributed by atoms with Crippen LogP contribution in [0.3, 0.4) is 0 Å². The summed E-state index contributed by atoms with van der Waals surface area (Å²) in [4.78, 5) is 12.2. The summed E-state index contributed by atoms with van der Waals surface area (Å²) in [5.74, 6) is 0.0650. The first-order chi connectivity index (χ1) is 9.24. The van der Waals surface area contributed by atoms with Gasteiger partial charge in [-0.3, -0.25) is 4.79 Å². The maximum Gasteiger partial charge on any atom is 0.237 e. The molecule has 0 aliphatic carbocycles. The van der Waals surface area contributed by atoms with Crippen LogP contribution >= 0.6 is 0 Å². The number of ether oxygens (including phenoxy) is 1. The molecule has 1 amide bonds. The van der Waals surface area contributed by atoms with Crippen LogP contribution in [0, 0.1) is 0 Å². The highest BCUT2D eigenvalue weighted by Gasteiger charge is 2.30. The summed E-state index contributed by atoms with van der Waals surface area (Å²) in [6, 6.07) is 10.0. The Bertz CT molecular complexity index is 408. The van der Waals surface area contributed by atoms with E-state index < -0.39 is 0 Å². The normalized spacial score (nSPS) is 24.1. The van der Waals surface area contributed by atoms with E-state index in [1.54, 1.807) is 7.11 Å². The second kappa shape index (κ2) is 6.68. The van der Waals surface area contributed by atoms with Gasteiger partial charge in [0.05, 0.1) is 18.2 Å². The van der Waals surface area contributed by atoms with Crippen LogP contribution < -0.4 is 10.6 Å². The molecule has 1 heterocycles. The number of amides is 1. The molecule has 104 valence electrons. The van der Waals surface area contributed by atoms with Gasteiger partial charge in [-0.1, -0.05) is 37.3 Å². The van der Waals surface area contributed by atoms with Crippen LogP contribution in [0.15, 0.2) is 30.3 Å². The van der Waals surface area contributed by atoms with E-state index in [-0.39, 0.29) is 24.1 Å². The van der Waals surface area contributed by atoms with Crippen molar-refractivity contribution in [2.45, 2.75) is 38.0 Å². The summed E-state index contributed by atoms with van der Waals surface area (Å²) in [5.41, 5.74) is 1.15. The minimum absolute atomic E-state index is 0.0650. The molecule has 0 spiro atoms. The number of carbonyl (C=O) groups is 1. The molecular weight excluding hydrogens is 240 g/mol. The first kappa shape index (κ1) is 14.0. The Morgan fingerprint density at radius 1 is 1.47 bits per heavy atom. The monoisotopic (exact) mass is 262 g/mol. The van der Waals surface area contributed by atoms with Crippen molar-refractivity contribution < 1.29 is 9.53 Å². The van der Waals surface area contributed by atoms with Gasteiger partial charge in [-0.05, 0) is 18.4 Å².